The summed E-state index contributed by atoms with van der Waals surface area (Å²) in [5, 5.41) is 7.64. The lowest BCUT2D eigenvalue weighted by Gasteiger charge is -2.14. The Hall–Kier alpha value is -1.65. The van der Waals surface area contributed by atoms with E-state index < -0.39 is 0 Å². The fraction of sp³-hybridized carbons (Fsp3) is 0.737. The fourth-order valence-corrected chi connectivity index (χ4v) is 4.52. The van der Waals surface area contributed by atoms with Gasteiger partial charge >= 0.3 is 0 Å². The van der Waals surface area contributed by atoms with Crippen LogP contribution in [0.2, 0.25) is 0 Å². The first-order valence-electron chi connectivity index (χ1n) is 9.68. The molecule has 1 aromatic rings. The highest BCUT2D eigenvalue weighted by molar-refractivity contribution is 5.88. The minimum atomic E-state index is 0.224. The van der Waals surface area contributed by atoms with Crippen molar-refractivity contribution in [1.82, 2.24) is 20.1 Å². The molecule has 1 saturated heterocycles. The Morgan fingerprint density at radius 1 is 1.12 bits per heavy atom. The molecular weight excluding hydrogens is 300 g/mol. The number of hydrogen-bond donors (Lipinski definition) is 1. The van der Waals surface area contributed by atoms with Crippen LogP contribution in [0.5, 0.6) is 0 Å². The van der Waals surface area contributed by atoms with Crippen LogP contribution in [0.25, 0.3) is 0 Å². The Kier molecular flexibility index (Phi) is 3.49. The largest absolute Gasteiger partial charge is 0.338 e. The molecule has 0 aromatic carbocycles. The van der Waals surface area contributed by atoms with E-state index in [1.54, 1.807) is 0 Å². The van der Waals surface area contributed by atoms with Crippen LogP contribution < -0.4 is 0 Å². The molecule has 1 aromatic heterocycles. The highest BCUT2D eigenvalue weighted by Gasteiger charge is 2.45. The van der Waals surface area contributed by atoms with Crippen molar-refractivity contribution in [3.63, 3.8) is 0 Å². The first kappa shape index (κ1) is 14.7. The molecular formula is C19H26N4O. The van der Waals surface area contributed by atoms with Gasteiger partial charge in [-0.05, 0) is 63.2 Å². The molecule has 1 N–H and O–H groups in total. The lowest BCUT2D eigenvalue weighted by atomic mass is 9.91. The molecule has 2 atom stereocenters. The highest BCUT2D eigenvalue weighted by Crippen LogP contribution is 2.47. The molecule has 4 fully saturated rings. The van der Waals surface area contributed by atoms with Crippen molar-refractivity contribution < 1.29 is 4.79 Å². The molecule has 1 aliphatic heterocycles. The van der Waals surface area contributed by atoms with Crippen molar-refractivity contribution in [2.45, 2.75) is 63.2 Å². The van der Waals surface area contributed by atoms with Gasteiger partial charge in [-0.2, -0.15) is 5.10 Å². The number of H-pyrrole nitrogens is 1. The zero-order valence-electron chi connectivity index (χ0n) is 14.2. The highest BCUT2D eigenvalue weighted by atomic mass is 16.2. The molecule has 128 valence electrons. The van der Waals surface area contributed by atoms with Gasteiger partial charge in [-0.15, -0.1) is 0 Å². The summed E-state index contributed by atoms with van der Waals surface area (Å²) in [6.07, 6.45) is 11.7. The van der Waals surface area contributed by atoms with Gasteiger partial charge in [0, 0.05) is 31.0 Å². The average molecular weight is 326 g/mol. The molecule has 5 nitrogen and oxygen atoms in total. The molecule has 0 bridgehead atoms. The van der Waals surface area contributed by atoms with E-state index in [-0.39, 0.29) is 5.91 Å². The van der Waals surface area contributed by atoms with Crippen molar-refractivity contribution in [2.75, 3.05) is 13.1 Å². The van der Waals surface area contributed by atoms with Crippen molar-refractivity contribution in [3.8, 4) is 0 Å². The normalized spacial score (nSPS) is 30.2. The molecule has 3 aliphatic carbocycles. The van der Waals surface area contributed by atoms with Crippen LogP contribution in [0, 0.1) is 11.8 Å². The molecule has 0 spiro atoms. The van der Waals surface area contributed by atoms with Gasteiger partial charge in [0.25, 0.3) is 0 Å². The number of aromatic amines is 1. The van der Waals surface area contributed by atoms with Gasteiger partial charge in [0.15, 0.2) is 5.82 Å². The number of rotatable bonds is 4. The third-order valence-corrected chi connectivity index (χ3v) is 6.29. The van der Waals surface area contributed by atoms with E-state index in [9.17, 15) is 4.79 Å². The van der Waals surface area contributed by atoms with Crippen molar-refractivity contribution in [2.24, 2.45) is 11.8 Å². The van der Waals surface area contributed by atoms with Crippen LogP contribution in [-0.4, -0.2) is 39.1 Å². The van der Waals surface area contributed by atoms with Crippen LogP contribution in [0.15, 0.2) is 11.6 Å². The lowest BCUT2D eigenvalue weighted by Crippen LogP contribution is -2.27. The standard InChI is InChI=1S/C19H26N4O/c24-17(9-12-3-1-2-4-12)23-10-15(13-5-6-13)16(11-23)19-20-18(21-22-19)14-7-8-14/h9,13-16H,1-8,10-11H2,(H,20,21,22)/t15-,16+/m1/s1. The van der Waals surface area contributed by atoms with Gasteiger partial charge in [0.05, 0.1) is 0 Å². The third kappa shape index (κ3) is 2.78. The van der Waals surface area contributed by atoms with Crippen molar-refractivity contribution in [1.29, 1.82) is 0 Å². The number of carbonyl (C=O) groups is 1. The van der Waals surface area contributed by atoms with Crippen LogP contribution in [-0.2, 0) is 4.79 Å². The molecule has 3 saturated carbocycles. The first-order valence-corrected chi connectivity index (χ1v) is 9.68. The number of nitrogens with zero attached hydrogens (tertiary/aromatic N) is 3. The quantitative estimate of drug-likeness (QED) is 0.865. The van der Waals surface area contributed by atoms with Gasteiger partial charge in [0.2, 0.25) is 5.91 Å². The molecule has 0 radical (unpaired) electrons. The topological polar surface area (TPSA) is 61.9 Å². The second-order valence-electron chi connectivity index (χ2n) is 8.21. The van der Waals surface area contributed by atoms with Crippen molar-refractivity contribution >= 4 is 5.91 Å². The monoisotopic (exact) mass is 326 g/mol. The number of aromatic nitrogens is 3. The summed E-state index contributed by atoms with van der Waals surface area (Å²) < 4.78 is 0. The summed E-state index contributed by atoms with van der Waals surface area (Å²) >= 11 is 0. The zero-order valence-corrected chi connectivity index (χ0v) is 14.2. The lowest BCUT2D eigenvalue weighted by molar-refractivity contribution is -0.125. The van der Waals surface area contributed by atoms with Crippen LogP contribution in [0.3, 0.4) is 0 Å². The van der Waals surface area contributed by atoms with Gasteiger partial charge in [-0.1, -0.05) is 5.57 Å². The van der Waals surface area contributed by atoms with Crippen molar-refractivity contribution in [3.05, 3.63) is 23.3 Å². The van der Waals surface area contributed by atoms with E-state index in [1.165, 1.54) is 44.1 Å². The molecule has 0 unspecified atom stereocenters. The van der Waals surface area contributed by atoms with E-state index >= 15 is 0 Å². The van der Waals surface area contributed by atoms with E-state index in [1.807, 2.05) is 6.08 Å². The number of amides is 1. The summed E-state index contributed by atoms with van der Waals surface area (Å²) in [5.41, 5.74) is 1.35. The summed E-state index contributed by atoms with van der Waals surface area (Å²) in [6, 6.07) is 0. The van der Waals surface area contributed by atoms with E-state index in [0.717, 1.165) is 43.5 Å². The smallest absolute Gasteiger partial charge is 0.246 e. The minimum Gasteiger partial charge on any atom is -0.338 e. The fourth-order valence-electron chi connectivity index (χ4n) is 4.52. The first-order chi connectivity index (χ1) is 11.8. The summed E-state index contributed by atoms with van der Waals surface area (Å²) in [4.78, 5) is 19.6. The summed E-state index contributed by atoms with van der Waals surface area (Å²) in [7, 11) is 0. The maximum absolute atomic E-state index is 12.7. The predicted molar refractivity (Wildman–Crippen MR) is 90.4 cm³/mol. The third-order valence-electron chi connectivity index (χ3n) is 6.29. The predicted octanol–water partition coefficient (Wildman–Crippen LogP) is 3.13. The van der Waals surface area contributed by atoms with Crippen LogP contribution >= 0.6 is 0 Å². The van der Waals surface area contributed by atoms with Gasteiger partial charge in [-0.3, -0.25) is 9.89 Å². The molecule has 1 amide bonds. The number of hydrogen-bond acceptors (Lipinski definition) is 3. The second kappa shape index (κ2) is 5.71. The number of nitrogens with one attached hydrogen (secondary N) is 1. The minimum absolute atomic E-state index is 0.224. The number of carbonyl (C=O) groups excluding carboxylic acids is 1. The van der Waals surface area contributed by atoms with Crippen LogP contribution in [0.1, 0.15) is 74.9 Å². The zero-order chi connectivity index (χ0) is 16.1. The average Bonchev–Trinajstić information content (AvgIpc) is 3.46. The molecule has 2 heterocycles. The van der Waals surface area contributed by atoms with Gasteiger partial charge < -0.3 is 4.90 Å². The van der Waals surface area contributed by atoms with E-state index in [2.05, 4.69) is 15.1 Å². The second-order valence-corrected chi connectivity index (χ2v) is 8.21. The Morgan fingerprint density at radius 3 is 2.62 bits per heavy atom. The Balaban J connectivity index is 1.34. The SMILES string of the molecule is O=C(C=C1CCCC1)N1C[C@H](c2nc(C3CC3)n[nH]2)[C@@H](C2CC2)C1. The number of allylic oxidation sites excluding steroid dienone is 1. The molecule has 24 heavy (non-hydrogen) atoms. The molecule has 5 heteroatoms. The summed E-state index contributed by atoms with van der Waals surface area (Å²) in [5.74, 6) is 4.53. The Bertz CT molecular complexity index is 663. The van der Waals surface area contributed by atoms with Crippen LogP contribution in [0.4, 0.5) is 0 Å². The number of likely N-dealkylation sites (tertiary alicyclic amines) is 1. The van der Waals surface area contributed by atoms with E-state index in [4.69, 9.17) is 4.98 Å². The Labute approximate surface area is 142 Å². The molecule has 5 rings (SSSR count). The maximum atomic E-state index is 12.7. The maximum Gasteiger partial charge on any atom is 0.246 e. The van der Waals surface area contributed by atoms with Gasteiger partial charge in [0.1, 0.15) is 5.82 Å². The van der Waals surface area contributed by atoms with E-state index in [0.29, 0.717) is 17.8 Å². The summed E-state index contributed by atoms with van der Waals surface area (Å²) in [6.45, 7) is 1.71. The van der Waals surface area contributed by atoms with Gasteiger partial charge in [-0.25, -0.2) is 4.98 Å². The molecule has 4 aliphatic rings. The Morgan fingerprint density at radius 2 is 1.92 bits per heavy atom.